The molecule has 0 saturated carbocycles. The average molecular weight is 412 g/mol. The largest absolute Gasteiger partial charge is 0.454 e. The summed E-state index contributed by atoms with van der Waals surface area (Å²) in [6, 6.07) is 6.16. The van der Waals surface area contributed by atoms with Crippen LogP contribution in [0, 0.1) is 0 Å². The van der Waals surface area contributed by atoms with Crippen molar-refractivity contribution in [3.8, 4) is 0 Å². The lowest BCUT2D eigenvalue weighted by Gasteiger charge is -2.28. The minimum atomic E-state index is -0.761. The lowest BCUT2D eigenvalue weighted by Crippen LogP contribution is -2.46. The highest BCUT2D eigenvalue weighted by Gasteiger charge is 2.21. The molecule has 0 atom stereocenters. The first-order valence-corrected chi connectivity index (χ1v) is 9.03. The van der Waals surface area contributed by atoms with E-state index in [0.717, 1.165) is 0 Å². The SMILES string of the molecule is CN(CC(=O)N1CCOCC1)C(=O)COC(=O)CNC(=O)c1ccc(Cl)cc1. The highest BCUT2D eigenvalue weighted by Crippen LogP contribution is 2.09. The van der Waals surface area contributed by atoms with Gasteiger partial charge in [0, 0.05) is 30.7 Å². The van der Waals surface area contributed by atoms with E-state index < -0.39 is 24.4 Å². The number of morpholine rings is 1. The molecule has 0 unspecified atom stereocenters. The Kier molecular flexibility index (Phi) is 8.21. The molecule has 9 nitrogen and oxygen atoms in total. The van der Waals surface area contributed by atoms with Gasteiger partial charge in [-0.05, 0) is 24.3 Å². The van der Waals surface area contributed by atoms with Gasteiger partial charge in [-0.15, -0.1) is 0 Å². The molecule has 10 heteroatoms. The Morgan fingerprint density at radius 1 is 1.18 bits per heavy atom. The second-order valence-corrected chi connectivity index (χ2v) is 6.53. The first kappa shape index (κ1) is 21.6. The normalized spacial score (nSPS) is 13.6. The van der Waals surface area contributed by atoms with Crippen molar-refractivity contribution in [3.63, 3.8) is 0 Å². The van der Waals surface area contributed by atoms with Crippen LogP contribution in [0.1, 0.15) is 10.4 Å². The van der Waals surface area contributed by atoms with Crippen LogP contribution in [0.15, 0.2) is 24.3 Å². The van der Waals surface area contributed by atoms with E-state index in [4.69, 9.17) is 21.1 Å². The van der Waals surface area contributed by atoms with Gasteiger partial charge in [0.2, 0.25) is 5.91 Å². The summed E-state index contributed by atoms with van der Waals surface area (Å²) in [6.45, 7) is 0.926. The molecule has 1 N–H and O–H groups in total. The maximum atomic E-state index is 12.1. The summed E-state index contributed by atoms with van der Waals surface area (Å²) in [5, 5.41) is 2.88. The number of ether oxygens (including phenoxy) is 2. The molecule has 1 aromatic rings. The molecule has 28 heavy (non-hydrogen) atoms. The van der Waals surface area contributed by atoms with Crippen LogP contribution in [0.2, 0.25) is 5.02 Å². The van der Waals surface area contributed by atoms with Crippen molar-refractivity contribution in [2.45, 2.75) is 0 Å². The van der Waals surface area contributed by atoms with E-state index >= 15 is 0 Å². The van der Waals surface area contributed by atoms with Crippen molar-refractivity contribution < 1.29 is 28.7 Å². The zero-order chi connectivity index (χ0) is 20.5. The predicted molar refractivity (Wildman–Crippen MR) is 99.8 cm³/mol. The molecule has 1 aromatic carbocycles. The molecule has 1 aliphatic rings. The predicted octanol–water partition coefficient (Wildman–Crippen LogP) is -0.0698. The van der Waals surface area contributed by atoms with Gasteiger partial charge in [0.1, 0.15) is 6.54 Å². The van der Waals surface area contributed by atoms with Crippen LogP contribution in [-0.2, 0) is 23.9 Å². The van der Waals surface area contributed by atoms with Gasteiger partial charge in [-0.3, -0.25) is 19.2 Å². The Hall–Kier alpha value is -2.65. The molecular formula is C18H22ClN3O6. The highest BCUT2D eigenvalue weighted by molar-refractivity contribution is 6.30. The first-order chi connectivity index (χ1) is 13.4. The molecular weight excluding hydrogens is 390 g/mol. The highest BCUT2D eigenvalue weighted by atomic mass is 35.5. The zero-order valence-corrected chi connectivity index (χ0v) is 16.2. The van der Waals surface area contributed by atoms with Crippen LogP contribution in [0.5, 0.6) is 0 Å². The third kappa shape index (κ3) is 6.82. The van der Waals surface area contributed by atoms with Crippen molar-refractivity contribution in [3.05, 3.63) is 34.9 Å². The van der Waals surface area contributed by atoms with E-state index in [0.29, 0.717) is 36.9 Å². The number of carbonyl (C=O) groups excluding carboxylic acids is 4. The van der Waals surface area contributed by atoms with E-state index in [1.807, 2.05) is 0 Å². The van der Waals surface area contributed by atoms with Crippen molar-refractivity contribution in [1.82, 2.24) is 15.1 Å². The number of benzene rings is 1. The molecule has 1 aliphatic heterocycles. The number of carbonyl (C=O) groups is 4. The maximum absolute atomic E-state index is 12.1. The molecule has 2 rings (SSSR count). The van der Waals surface area contributed by atoms with E-state index in [2.05, 4.69) is 5.32 Å². The Morgan fingerprint density at radius 3 is 2.46 bits per heavy atom. The van der Waals surface area contributed by atoms with Gasteiger partial charge in [0.05, 0.1) is 19.8 Å². The van der Waals surface area contributed by atoms with E-state index in [-0.39, 0.29) is 19.0 Å². The molecule has 0 spiro atoms. The van der Waals surface area contributed by atoms with Crippen molar-refractivity contribution in [2.24, 2.45) is 0 Å². The standard InChI is InChI=1S/C18H22ClN3O6/c1-21(11-15(23)22-6-8-27-9-7-22)16(24)12-28-17(25)10-20-18(26)13-2-4-14(19)5-3-13/h2-5H,6-12H2,1H3,(H,20,26). The summed E-state index contributed by atoms with van der Waals surface area (Å²) in [5.41, 5.74) is 0.342. The van der Waals surface area contributed by atoms with Gasteiger partial charge in [0.15, 0.2) is 6.61 Å². The topological polar surface area (TPSA) is 105 Å². The molecule has 0 radical (unpaired) electrons. The number of nitrogens with zero attached hydrogens (tertiary/aromatic N) is 2. The van der Waals surface area contributed by atoms with E-state index in [9.17, 15) is 19.2 Å². The Bertz CT molecular complexity index is 719. The lowest BCUT2D eigenvalue weighted by atomic mass is 10.2. The molecule has 0 aromatic heterocycles. The summed E-state index contributed by atoms with van der Waals surface area (Å²) in [6.07, 6.45) is 0. The van der Waals surface area contributed by atoms with Crippen LogP contribution in [-0.4, -0.2) is 86.5 Å². The summed E-state index contributed by atoms with van der Waals surface area (Å²) in [5.74, 6) is -1.93. The van der Waals surface area contributed by atoms with Gasteiger partial charge in [-0.1, -0.05) is 11.6 Å². The van der Waals surface area contributed by atoms with Crippen LogP contribution in [0.4, 0.5) is 0 Å². The monoisotopic (exact) mass is 411 g/mol. The number of likely N-dealkylation sites (N-methyl/N-ethyl adjacent to an activating group) is 1. The minimum Gasteiger partial charge on any atom is -0.454 e. The summed E-state index contributed by atoms with van der Waals surface area (Å²) in [4.78, 5) is 50.5. The molecule has 1 heterocycles. The van der Waals surface area contributed by atoms with Crippen molar-refractivity contribution >= 4 is 35.3 Å². The van der Waals surface area contributed by atoms with Gasteiger partial charge in [-0.2, -0.15) is 0 Å². The smallest absolute Gasteiger partial charge is 0.325 e. The van der Waals surface area contributed by atoms with Crippen LogP contribution < -0.4 is 5.32 Å². The number of nitrogens with one attached hydrogen (secondary N) is 1. The summed E-state index contributed by atoms with van der Waals surface area (Å²) in [7, 11) is 1.46. The zero-order valence-electron chi connectivity index (χ0n) is 15.5. The van der Waals surface area contributed by atoms with Crippen molar-refractivity contribution in [2.75, 3.05) is 53.0 Å². The summed E-state index contributed by atoms with van der Waals surface area (Å²) < 4.78 is 10.0. The molecule has 152 valence electrons. The van der Waals surface area contributed by atoms with Crippen molar-refractivity contribution in [1.29, 1.82) is 0 Å². The first-order valence-electron chi connectivity index (χ1n) is 8.65. The van der Waals surface area contributed by atoms with Gasteiger partial charge < -0.3 is 24.6 Å². The minimum absolute atomic E-state index is 0.107. The Balaban J connectivity index is 1.68. The fourth-order valence-electron chi connectivity index (χ4n) is 2.36. The number of halogens is 1. The van der Waals surface area contributed by atoms with Crippen LogP contribution >= 0.6 is 11.6 Å². The molecule has 0 aliphatic carbocycles. The number of rotatable bonds is 7. The molecule has 3 amide bonds. The fraction of sp³-hybridized carbons (Fsp3) is 0.444. The van der Waals surface area contributed by atoms with Gasteiger partial charge in [0.25, 0.3) is 11.8 Å². The van der Waals surface area contributed by atoms with E-state index in [1.54, 1.807) is 17.0 Å². The Morgan fingerprint density at radius 2 is 1.82 bits per heavy atom. The maximum Gasteiger partial charge on any atom is 0.325 e. The quantitative estimate of drug-likeness (QED) is 0.630. The second-order valence-electron chi connectivity index (χ2n) is 6.09. The summed E-state index contributed by atoms with van der Waals surface area (Å²) >= 11 is 5.74. The van der Waals surface area contributed by atoms with Gasteiger partial charge >= 0.3 is 5.97 Å². The second kappa shape index (κ2) is 10.6. The average Bonchev–Trinajstić information content (AvgIpc) is 2.71. The van der Waals surface area contributed by atoms with E-state index in [1.165, 1.54) is 24.1 Å². The number of esters is 1. The fourth-order valence-corrected chi connectivity index (χ4v) is 2.49. The third-order valence-corrected chi connectivity index (χ3v) is 4.27. The Labute approximate surface area is 167 Å². The molecule has 0 bridgehead atoms. The molecule has 1 fully saturated rings. The molecule has 1 saturated heterocycles. The lowest BCUT2D eigenvalue weighted by molar-refractivity contribution is -0.152. The number of hydrogen-bond acceptors (Lipinski definition) is 6. The third-order valence-electron chi connectivity index (χ3n) is 4.02. The van der Waals surface area contributed by atoms with Crippen LogP contribution in [0.25, 0.3) is 0 Å². The van der Waals surface area contributed by atoms with Gasteiger partial charge in [-0.25, -0.2) is 0 Å². The number of hydrogen-bond donors (Lipinski definition) is 1. The number of amides is 3. The van der Waals surface area contributed by atoms with Crippen LogP contribution in [0.3, 0.4) is 0 Å².